The van der Waals surface area contributed by atoms with Crippen LogP contribution in [0.4, 0.5) is 17.5 Å². The first-order valence-corrected chi connectivity index (χ1v) is 7.67. The second-order valence-electron chi connectivity index (χ2n) is 5.49. The van der Waals surface area contributed by atoms with Crippen LogP contribution in [-0.2, 0) is 4.79 Å². The number of methoxy groups -OCH3 is 1. The van der Waals surface area contributed by atoms with E-state index in [0.717, 1.165) is 32.9 Å². The third kappa shape index (κ3) is 3.80. The molecular formula is C16H20N6O3. The zero-order valence-corrected chi connectivity index (χ0v) is 14.1. The van der Waals surface area contributed by atoms with Gasteiger partial charge in [-0.05, 0) is 12.8 Å². The third-order valence-corrected chi connectivity index (χ3v) is 3.73. The Hall–Kier alpha value is -3.28. The van der Waals surface area contributed by atoms with E-state index in [1.54, 1.807) is 6.07 Å². The highest BCUT2D eigenvalue weighted by Crippen LogP contribution is 2.35. The average molecular weight is 344 g/mol. The molecule has 0 radical (unpaired) electrons. The summed E-state index contributed by atoms with van der Waals surface area (Å²) < 4.78 is 5.13. The molecule has 2 aromatic heterocycles. The highest BCUT2D eigenvalue weighted by Gasteiger charge is 2.22. The Morgan fingerprint density at radius 3 is 2.40 bits per heavy atom. The van der Waals surface area contributed by atoms with Crippen LogP contribution in [0.25, 0.3) is 10.8 Å². The fourth-order valence-electron chi connectivity index (χ4n) is 2.73. The number of anilines is 3. The molecule has 1 saturated heterocycles. The van der Waals surface area contributed by atoms with E-state index in [4.69, 9.17) is 26.1 Å². The van der Waals surface area contributed by atoms with Gasteiger partial charge in [0.1, 0.15) is 29.1 Å². The lowest BCUT2D eigenvalue weighted by Gasteiger charge is -2.20. The average Bonchev–Trinajstić information content (AvgIpc) is 3.07. The molecule has 1 fully saturated rings. The van der Waals surface area contributed by atoms with Crippen molar-refractivity contribution in [2.75, 3.05) is 36.6 Å². The zero-order valence-electron chi connectivity index (χ0n) is 14.1. The summed E-state index contributed by atoms with van der Waals surface area (Å²) in [5.74, 6) is 0.652. The Morgan fingerprint density at radius 1 is 1.32 bits per heavy atom. The summed E-state index contributed by atoms with van der Waals surface area (Å²) in [5.41, 5.74) is 12.4. The van der Waals surface area contributed by atoms with Crippen LogP contribution in [0.3, 0.4) is 0 Å². The Balaban J connectivity index is 0.000000511. The van der Waals surface area contributed by atoms with E-state index in [1.807, 2.05) is 0 Å². The number of nitrogens with zero attached hydrogens (tertiary/aromatic N) is 4. The van der Waals surface area contributed by atoms with Crippen molar-refractivity contribution >= 4 is 34.2 Å². The lowest BCUT2D eigenvalue weighted by atomic mass is 10.1. The van der Waals surface area contributed by atoms with E-state index in [-0.39, 0.29) is 5.82 Å². The maximum atomic E-state index is 9.56. The molecule has 0 aliphatic carbocycles. The number of hydrogen-bond acceptors (Lipinski definition) is 8. The predicted molar refractivity (Wildman–Crippen MR) is 94.4 cm³/mol. The first-order chi connectivity index (χ1) is 11.9. The minimum atomic E-state index is -0.833. The number of carboxylic acid groups (broad SMARTS) is 1. The fraction of sp³-hybridized carbons (Fsp3) is 0.375. The smallest absolute Gasteiger partial charge is 0.300 e. The van der Waals surface area contributed by atoms with Crippen molar-refractivity contribution in [3.8, 4) is 11.9 Å². The number of fused-ring (bicyclic) bond motifs is 1. The van der Waals surface area contributed by atoms with Gasteiger partial charge in [-0.15, -0.1) is 0 Å². The monoisotopic (exact) mass is 344 g/mol. The number of rotatable bonds is 2. The second kappa shape index (κ2) is 7.53. The van der Waals surface area contributed by atoms with Gasteiger partial charge in [0.25, 0.3) is 5.97 Å². The van der Waals surface area contributed by atoms with E-state index >= 15 is 0 Å². The number of pyridine rings is 2. The van der Waals surface area contributed by atoms with Crippen LogP contribution >= 0.6 is 0 Å². The predicted octanol–water partition coefficient (Wildman–Crippen LogP) is 1.37. The van der Waals surface area contributed by atoms with Gasteiger partial charge in [0.15, 0.2) is 0 Å². The number of aromatic nitrogens is 2. The van der Waals surface area contributed by atoms with E-state index in [1.165, 1.54) is 7.11 Å². The third-order valence-electron chi connectivity index (χ3n) is 3.73. The Kier molecular flexibility index (Phi) is 5.44. The van der Waals surface area contributed by atoms with Crippen molar-refractivity contribution in [2.24, 2.45) is 0 Å². The van der Waals surface area contributed by atoms with Crippen molar-refractivity contribution in [3.63, 3.8) is 0 Å². The summed E-state index contributed by atoms with van der Waals surface area (Å²) in [4.78, 5) is 19.6. The van der Waals surface area contributed by atoms with Crippen LogP contribution in [0, 0.1) is 11.3 Å². The number of nitriles is 1. The Bertz CT molecular complexity index is 836. The first kappa shape index (κ1) is 18.1. The summed E-state index contributed by atoms with van der Waals surface area (Å²) in [6.07, 6.45) is 2.18. The van der Waals surface area contributed by atoms with Gasteiger partial charge in [0.05, 0.1) is 12.5 Å². The number of nitrogens with two attached hydrogens (primary N) is 2. The van der Waals surface area contributed by atoms with Crippen molar-refractivity contribution in [2.45, 2.75) is 19.8 Å². The number of carbonyl (C=O) groups is 1. The minimum Gasteiger partial charge on any atom is -0.481 e. The fourth-order valence-corrected chi connectivity index (χ4v) is 2.73. The highest BCUT2D eigenvalue weighted by molar-refractivity contribution is 6.04. The summed E-state index contributed by atoms with van der Waals surface area (Å²) in [5, 5.41) is 18.1. The standard InChI is InChI=1S/C14H16N6O.C2H4O2/c1-21-10-6-8-9(7-15)14(20-4-2-3-5-20)19-13(17)11(8)12(16)18-10;1-2(3)4/h6H,2-5H2,1H3,(H2,16,18)(H2,17,19);1H3,(H,3,4). The number of carboxylic acids is 1. The molecule has 132 valence electrons. The molecule has 0 aromatic carbocycles. The van der Waals surface area contributed by atoms with Gasteiger partial charge in [-0.2, -0.15) is 10.2 Å². The zero-order chi connectivity index (χ0) is 18.6. The van der Waals surface area contributed by atoms with Crippen LogP contribution in [0.15, 0.2) is 6.07 Å². The maximum absolute atomic E-state index is 9.56. The number of hydrogen-bond donors (Lipinski definition) is 3. The number of aliphatic carboxylic acids is 1. The normalized spacial score (nSPS) is 13.1. The molecule has 3 rings (SSSR count). The molecule has 2 aromatic rings. The molecule has 25 heavy (non-hydrogen) atoms. The molecule has 0 bridgehead atoms. The molecule has 0 atom stereocenters. The van der Waals surface area contributed by atoms with Crippen LogP contribution in [0.1, 0.15) is 25.3 Å². The molecule has 9 nitrogen and oxygen atoms in total. The molecular weight excluding hydrogens is 324 g/mol. The van der Waals surface area contributed by atoms with Crippen LogP contribution in [0.5, 0.6) is 5.88 Å². The minimum absolute atomic E-state index is 0.221. The van der Waals surface area contributed by atoms with Crippen molar-refractivity contribution in [1.82, 2.24) is 9.97 Å². The Morgan fingerprint density at radius 2 is 1.88 bits per heavy atom. The lowest BCUT2D eigenvalue weighted by Crippen LogP contribution is -2.21. The highest BCUT2D eigenvalue weighted by atomic mass is 16.5. The molecule has 0 unspecified atom stereocenters. The topological polar surface area (TPSA) is 151 Å². The van der Waals surface area contributed by atoms with Gasteiger partial charge in [-0.25, -0.2) is 4.98 Å². The van der Waals surface area contributed by atoms with Gasteiger partial charge >= 0.3 is 0 Å². The van der Waals surface area contributed by atoms with E-state index < -0.39 is 5.97 Å². The maximum Gasteiger partial charge on any atom is 0.300 e. The van der Waals surface area contributed by atoms with Crippen LogP contribution in [0.2, 0.25) is 0 Å². The largest absolute Gasteiger partial charge is 0.481 e. The van der Waals surface area contributed by atoms with Gasteiger partial charge < -0.3 is 26.2 Å². The van der Waals surface area contributed by atoms with Gasteiger partial charge in [-0.3, -0.25) is 4.79 Å². The quantitative estimate of drug-likeness (QED) is 0.733. The summed E-state index contributed by atoms with van der Waals surface area (Å²) in [7, 11) is 1.51. The van der Waals surface area contributed by atoms with Gasteiger partial charge in [0, 0.05) is 31.5 Å². The SMILES string of the molecule is CC(=O)O.COc1cc2c(C#N)c(N3CCCC3)nc(N)c2c(N)n1. The van der Waals surface area contributed by atoms with E-state index in [0.29, 0.717) is 33.9 Å². The summed E-state index contributed by atoms with van der Waals surface area (Å²) >= 11 is 0. The first-order valence-electron chi connectivity index (χ1n) is 7.67. The number of nitrogen functional groups attached to an aromatic ring is 2. The van der Waals surface area contributed by atoms with Gasteiger partial charge in [0.2, 0.25) is 5.88 Å². The van der Waals surface area contributed by atoms with Crippen LogP contribution < -0.4 is 21.1 Å². The van der Waals surface area contributed by atoms with Crippen molar-refractivity contribution in [3.05, 3.63) is 11.6 Å². The molecule has 3 heterocycles. The molecule has 1 aliphatic heterocycles. The second-order valence-corrected chi connectivity index (χ2v) is 5.49. The molecule has 9 heteroatoms. The molecule has 0 amide bonds. The molecule has 0 saturated carbocycles. The van der Waals surface area contributed by atoms with Crippen LogP contribution in [-0.4, -0.2) is 41.2 Å². The molecule has 1 aliphatic rings. The van der Waals surface area contributed by atoms with Crippen molar-refractivity contribution in [1.29, 1.82) is 5.26 Å². The van der Waals surface area contributed by atoms with E-state index in [9.17, 15) is 5.26 Å². The number of ether oxygens (including phenoxy) is 1. The van der Waals surface area contributed by atoms with E-state index in [2.05, 4.69) is 20.9 Å². The van der Waals surface area contributed by atoms with Gasteiger partial charge in [-0.1, -0.05) is 0 Å². The summed E-state index contributed by atoms with van der Waals surface area (Å²) in [6, 6.07) is 3.91. The summed E-state index contributed by atoms with van der Waals surface area (Å²) in [6.45, 7) is 2.84. The lowest BCUT2D eigenvalue weighted by molar-refractivity contribution is -0.134. The molecule has 0 spiro atoms. The van der Waals surface area contributed by atoms with Crippen molar-refractivity contribution < 1.29 is 14.6 Å². The molecule has 5 N–H and O–H groups in total. The Labute approximate surface area is 144 Å².